The summed E-state index contributed by atoms with van der Waals surface area (Å²) in [5, 5.41) is 10.3. The van der Waals surface area contributed by atoms with E-state index in [4.69, 9.17) is 18.9 Å². The molecule has 0 aliphatic heterocycles. The average Bonchev–Trinajstić information content (AvgIpc) is 3.99. The maximum absolute atomic E-state index is 13.6. The molecule has 0 heterocycles. The molecule has 1 N–H and O–H groups in total. The first-order chi connectivity index (χ1) is 36.1. The van der Waals surface area contributed by atoms with Gasteiger partial charge in [-0.2, -0.15) is 0 Å². The first-order valence-electron chi connectivity index (χ1n) is 31.1. The van der Waals surface area contributed by atoms with Crippen molar-refractivity contribution in [2.45, 2.75) is 216 Å². The van der Waals surface area contributed by atoms with E-state index < -0.39 is 8.32 Å². The summed E-state index contributed by atoms with van der Waals surface area (Å²) in [7, 11) is -1.68. The van der Waals surface area contributed by atoms with Crippen LogP contribution in [0.2, 0.25) is 19.6 Å². The normalized spacial score (nSPS) is 39.5. The van der Waals surface area contributed by atoms with Crippen molar-refractivity contribution in [1.29, 1.82) is 0 Å². The molecule has 420 valence electrons. The van der Waals surface area contributed by atoms with Crippen LogP contribution in [-0.4, -0.2) is 43.7 Å². The topological polar surface area (TPSA) is 94.4 Å². The van der Waals surface area contributed by atoms with Crippen molar-refractivity contribution in [3.63, 3.8) is 0 Å². The number of ether oxygens (including phenoxy) is 2. The van der Waals surface area contributed by atoms with Crippen LogP contribution in [-0.2, 0) is 36.7 Å². The fraction of sp³-hybridized carbons (Fsp3) is 0.750. The number of esters is 1. The van der Waals surface area contributed by atoms with Crippen LogP contribution in [0.5, 0.6) is 0 Å². The van der Waals surface area contributed by atoms with Crippen LogP contribution in [0.15, 0.2) is 77.5 Å². The lowest BCUT2D eigenvalue weighted by atomic mass is 9.44. The van der Waals surface area contributed by atoms with Gasteiger partial charge in [-0.25, -0.2) is 0 Å². The standard InChI is InChI=1S/C36H57NO2Si.C32H46O4/c1-25-16-19-35(4)29(22-25)23-33(39-40(6,7)8)34-31-15-14-30(36(31,5)20-17-32(34)35)26(2)18-21-37-27(3)38-24-28-12-10-9-11-13-28;1-21(8-7-11-29(35)36-20-22-9-5-4-6-10-22)25-12-13-26-30-27(15-17-32(25,26)3)31(2)16-14-24(33)18-23(31)19-28(30)34/h9-13,23,25-26,29-32,34H,14-22,24H2,1-8H3;4-6,9-10,21,23-27,30,33H,7-8,11-20H2,1-3H3/t25-,26-,29+,30-,31+,32+,34+,35+,36-;21-,23+,24-,25-,26+,27+,30+,31+,32-/m11/s1. The van der Waals surface area contributed by atoms with Crippen molar-refractivity contribution in [2.75, 3.05) is 6.54 Å². The summed E-state index contributed by atoms with van der Waals surface area (Å²) in [6.45, 7) is 28.6. The van der Waals surface area contributed by atoms with Gasteiger partial charge in [-0.3, -0.25) is 14.6 Å². The van der Waals surface area contributed by atoms with Crippen molar-refractivity contribution < 1.29 is 28.6 Å². The molecule has 0 saturated heterocycles. The summed E-state index contributed by atoms with van der Waals surface area (Å²) in [6.07, 6.45) is 24.0. The molecule has 8 aliphatic carbocycles. The largest absolute Gasteiger partial charge is 0.547 e. The zero-order valence-electron chi connectivity index (χ0n) is 49.4. The van der Waals surface area contributed by atoms with Gasteiger partial charge in [0.15, 0.2) is 5.90 Å². The molecule has 76 heavy (non-hydrogen) atoms. The molecule has 0 radical (unpaired) electrons. The molecule has 0 spiro atoms. The van der Waals surface area contributed by atoms with Gasteiger partial charge in [0.25, 0.3) is 0 Å². The Morgan fingerprint density at radius 1 is 0.684 bits per heavy atom. The second-order valence-corrected chi connectivity index (χ2v) is 33.4. The minimum absolute atomic E-state index is 0.102. The Bertz CT molecular complexity index is 2350. The maximum atomic E-state index is 13.6. The number of aliphatic hydroxyl groups excluding tert-OH is 1. The van der Waals surface area contributed by atoms with E-state index in [2.05, 4.69) is 98.4 Å². The van der Waals surface area contributed by atoms with E-state index in [9.17, 15) is 14.7 Å². The van der Waals surface area contributed by atoms with Gasteiger partial charge in [-0.15, -0.1) is 0 Å². The number of Topliss-reactive ketones (excluding diaryl/α,β-unsaturated/α-hetero) is 1. The Kier molecular flexibility index (Phi) is 17.7. The van der Waals surface area contributed by atoms with Gasteiger partial charge in [0.05, 0.1) is 11.9 Å². The predicted molar refractivity (Wildman–Crippen MR) is 312 cm³/mol. The third kappa shape index (κ3) is 12.0. The summed E-state index contributed by atoms with van der Waals surface area (Å²) in [5.74, 6) is 10.7. The SMILES string of the molecule is CC(=NCC[C@@H](C)[C@H]1CC[C@H]2[C@@H]3C(O[Si](C)(C)C)=C[C@@H]4C[C@H](C)CC[C@]4(C)[C@H]3CC[C@]12C)OCc1ccccc1.C[C@H](CCCC(=O)OCc1ccccc1)[C@H]1CC[C@H]2[C@@H]3C(=O)C[C@@H]4C[C@H](O)CC[C@]4(C)[C@H]3CC[C@]12C. The first-order valence-corrected chi connectivity index (χ1v) is 34.5. The number of aliphatic hydroxyl groups is 1. The molecule has 0 aromatic heterocycles. The van der Waals surface area contributed by atoms with Crippen molar-refractivity contribution in [2.24, 2.45) is 104 Å². The Morgan fingerprint density at radius 3 is 1.84 bits per heavy atom. The molecule has 8 heteroatoms. The van der Waals surface area contributed by atoms with Crippen LogP contribution in [0.1, 0.15) is 189 Å². The molecular weight excluding hydrogens is 955 g/mol. The summed E-state index contributed by atoms with van der Waals surface area (Å²) < 4.78 is 18.5. The van der Waals surface area contributed by atoms with Crippen molar-refractivity contribution >= 4 is 26.0 Å². The van der Waals surface area contributed by atoms with E-state index in [-0.39, 0.29) is 28.8 Å². The summed E-state index contributed by atoms with van der Waals surface area (Å²) in [6, 6.07) is 20.3. The second-order valence-electron chi connectivity index (χ2n) is 29.0. The summed E-state index contributed by atoms with van der Waals surface area (Å²) >= 11 is 0. The number of nitrogens with zero attached hydrogens (tertiary/aromatic N) is 1. The molecule has 0 unspecified atom stereocenters. The molecule has 7 nitrogen and oxygen atoms in total. The van der Waals surface area contributed by atoms with E-state index >= 15 is 0 Å². The molecule has 18 atom stereocenters. The molecule has 8 aliphatic rings. The van der Waals surface area contributed by atoms with Crippen LogP contribution >= 0.6 is 0 Å². The molecule has 2 aromatic rings. The Labute approximate surface area is 462 Å². The third-order valence-corrected chi connectivity index (χ3v) is 24.2. The van der Waals surface area contributed by atoms with Gasteiger partial charge in [-0.1, -0.05) is 116 Å². The summed E-state index contributed by atoms with van der Waals surface area (Å²) in [5.41, 5.74) is 3.56. The number of aliphatic imine (C=N–C) groups is 1. The number of carbonyl (C=O) groups is 2. The highest BCUT2D eigenvalue weighted by Gasteiger charge is 2.64. The minimum Gasteiger partial charge on any atom is -0.547 e. The molecule has 0 amide bonds. The van der Waals surface area contributed by atoms with E-state index in [0.717, 1.165) is 80.2 Å². The Balaban J connectivity index is 0.000000187. The van der Waals surface area contributed by atoms with Gasteiger partial charge in [0, 0.05) is 38.1 Å². The lowest BCUT2D eigenvalue weighted by Crippen LogP contribution is -2.57. The number of rotatable bonds is 15. The van der Waals surface area contributed by atoms with Crippen molar-refractivity contribution in [3.8, 4) is 0 Å². The smallest absolute Gasteiger partial charge is 0.306 e. The van der Waals surface area contributed by atoms with E-state index in [1.165, 1.54) is 82.0 Å². The van der Waals surface area contributed by atoms with Crippen LogP contribution in [0.3, 0.4) is 0 Å². The molecule has 0 bridgehead atoms. The van der Waals surface area contributed by atoms with Gasteiger partial charge in [0.1, 0.15) is 19.0 Å². The highest BCUT2D eigenvalue weighted by Crippen LogP contribution is 2.70. The minimum atomic E-state index is -1.68. The number of hydrogen-bond acceptors (Lipinski definition) is 7. The fourth-order valence-corrected chi connectivity index (χ4v) is 20.1. The number of ketones is 1. The van der Waals surface area contributed by atoms with Crippen LogP contribution in [0, 0.1) is 98.6 Å². The first kappa shape index (κ1) is 57.5. The lowest BCUT2D eigenvalue weighted by Gasteiger charge is -2.60. The highest BCUT2D eigenvalue weighted by molar-refractivity contribution is 6.70. The quantitative estimate of drug-likeness (QED) is 0.0826. The average molecular weight is 1060 g/mol. The second kappa shape index (κ2) is 23.5. The third-order valence-electron chi connectivity index (χ3n) is 23.4. The van der Waals surface area contributed by atoms with E-state index in [1.54, 1.807) is 0 Å². The zero-order valence-corrected chi connectivity index (χ0v) is 50.4. The number of fused-ring (bicyclic) bond motifs is 10. The Morgan fingerprint density at radius 2 is 1.22 bits per heavy atom. The molecular formula is C68H103NO6Si. The van der Waals surface area contributed by atoms with Gasteiger partial charge < -0.3 is 19.0 Å². The molecule has 7 saturated carbocycles. The van der Waals surface area contributed by atoms with Crippen LogP contribution in [0.25, 0.3) is 0 Å². The lowest BCUT2D eigenvalue weighted by molar-refractivity contribution is -0.160. The number of allylic oxidation sites excluding steroid dienone is 2. The monoisotopic (exact) mass is 1060 g/mol. The number of carbonyl (C=O) groups excluding carboxylic acids is 2. The summed E-state index contributed by atoms with van der Waals surface area (Å²) in [4.78, 5) is 30.7. The fourth-order valence-electron chi connectivity index (χ4n) is 19.2. The van der Waals surface area contributed by atoms with Crippen molar-refractivity contribution in [1.82, 2.24) is 0 Å². The van der Waals surface area contributed by atoms with E-state index in [1.807, 2.05) is 43.3 Å². The Hall–Kier alpha value is -3.23. The molecule has 10 rings (SSSR count). The van der Waals surface area contributed by atoms with Crippen LogP contribution in [0.4, 0.5) is 0 Å². The van der Waals surface area contributed by atoms with Gasteiger partial charge in [0.2, 0.25) is 8.32 Å². The van der Waals surface area contributed by atoms with Gasteiger partial charge in [-0.05, 0) is 226 Å². The van der Waals surface area contributed by atoms with Crippen LogP contribution < -0.4 is 0 Å². The van der Waals surface area contributed by atoms with Gasteiger partial charge >= 0.3 is 5.97 Å². The van der Waals surface area contributed by atoms with E-state index in [0.29, 0.717) is 90.0 Å². The maximum Gasteiger partial charge on any atom is 0.306 e. The number of benzene rings is 2. The molecule has 7 fully saturated rings. The number of hydrogen-bond donors (Lipinski definition) is 1. The zero-order chi connectivity index (χ0) is 54.2. The predicted octanol–water partition coefficient (Wildman–Crippen LogP) is 16.6. The van der Waals surface area contributed by atoms with Crippen molar-refractivity contribution in [3.05, 3.63) is 83.6 Å². The molecule has 2 aromatic carbocycles. The highest BCUT2D eigenvalue weighted by atomic mass is 28.4.